The molecule has 0 unspecified atom stereocenters. The number of hydrogen-bond acceptors (Lipinski definition) is 1. The normalized spacial score (nSPS) is 14.3. The van der Waals surface area contributed by atoms with E-state index in [0.29, 0.717) is 0 Å². The van der Waals surface area contributed by atoms with Crippen molar-refractivity contribution in [2.75, 3.05) is 0 Å². The molecule has 0 aliphatic carbocycles. The number of hydrogen-bond donors (Lipinski definition) is 0. The van der Waals surface area contributed by atoms with Crippen LogP contribution in [0.15, 0.2) is 84.9 Å². The maximum absolute atomic E-state index is 5.67. The average molecular weight is 567 g/mol. The van der Waals surface area contributed by atoms with Gasteiger partial charge in [-0.05, 0) is 67.0 Å². The Balaban J connectivity index is 1.55. The molecule has 0 amide bonds. The van der Waals surface area contributed by atoms with Crippen LogP contribution < -0.4 is 16.4 Å². The summed E-state index contributed by atoms with van der Waals surface area (Å²) in [6.45, 7) is 14.2. The quantitative estimate of drug-likeness (QED) is 0.251. The third-order valence-electron chi connectivity index (χ3n) is 11.3. The summed E-state index contributed by atoms with van der Waals surface area (Å²) >= 11 is 0. The van der Waals surface area contributed by atoms with E-state index in [1.807, 2.05) is 0 Å². The minimum atomic E-state index is -0.163. The largest absolute Gasteiger partial charge is 0.310 e. The van der Waals surface area contributed by atoms with E-state index < -0.39 is 0 Å². The van der Waals surface area contributed by atoms with Crippen LogP contribution in [0.4, 0.5) is 0 Å². The van der Waals surface area contributed by atoms with E-state index in [1.165, 1.54) is 82.5 Å². The second kappa shape index (κ2) is 8.10. The van der Waals surface area contributed by atoms with Crippen molar-refractivity contribution in [3.63, 3.8) is 0 Å². The summed E-state index contributed by atoms with van der Waals surface area (Å²) in [5.74, 6) is 0. The smallest absolute Gasteiger partial charge is 0.252 e. The zero-order chi connectivity index (χ0) is 30.5. The molecule has 212 valence electrons. The predicted molar refractivity (Wildman–Crippen MR) is 194 cm³/mol. The van der Waals surface area contributed by atoms with Crippen molar-refractivity contribution in [3.05, 3.63) is 96.2 Å². The Morgan fingerprint density at radius 1 is 0.682 bits per heavy atom. The summed E-state index contributed by atoms with van der Waals surface area (Å²) in [5.41, 5.74) is 13.0. The van der Waals surface area contributed by atoms with Crippen LogP contribution in [0.3, 0.4) is 0 Å². The molecule has 0 N–H and O–H groups in total. The molecular formula is C38H36B3N3. The number of nitrogens with zero attached hydrogens (tertiary/aromatic N) is 3. The van der Waals surface area contributed by atoms with Gasteiger partial charge >= 0.3 is 0 Å². The zero-order valence-corrected chi connectivity index (χ0v) is 27.0. The van der Waals surface area contributed by atoms with Crippen molar-refractivity contribution in [2.24, 2.45) is 5.41 Å². The molecule has 0 bridgehead atoms. The summed E-state index contributed by atoms with van der Waals surface area (Å²) in [7, 11) is 4.76. The second-order valence-electron chi connectivity index (χ2n) is 15.8. The lowest BCUT2D eigenvalue weighted by molar-refractivity contribution is 0.353. The molecule has 0 fully saturated rings. The second-order valence-corrected chi connectivity index (χ2v) is 15.8. The molecule has 0 atom stereocenters. The monoisotopic (exact) mass is 567 g/mol. The van der Waals surface area contributed by atoms with Crippen molar-refractivity contribution in [1.29, 1.82) is 0 Å². The van der Waals surface area contributed by atoms with Gasteiger partial charge in [0.05, 0.1) is 22.4 Å². The highest BCUT2D eigenvalue weighted by Crippen LogP contribution is 2.44. The Kier molecular flexibility index (Phi) is 4.83. The van der Waals surface area contributed by atoms with Gasteiger partial charge < -0.3 is 4.57 Å². The molecule has 6 heteroatoms. The summed E-state index contributed by atoms with van der Waals surface area (Å²) in [6.07, 6.45) is 0. The molecule has 9 rings (SSSR count). The van der Waals surface area contributed by atoms with E-state index in [-0.39, 0.29) is 22.8 Å². The van der Waals surface area contributed by atoms with Crippen molar-refractivity contribution in [2.45, 2.75) is 52.2 Å². The van der Waals surface area contributed by atoms with Crippen LogP contribution in [-0.4, -0.2) is 36.8 Å². The Morgan fingerprint density at radius 2 is 1.36 bits per heavy atom. The molecular weight excluding hydrogens is 531 g/mol. The highest BCUT2D eigenvalue weighted by molar-refractivity contribution is 7.00. The molecule has 4 heterocycles. The Labute approximate surface area is 261 Å². The van der Waals surface area contributed by atoms with Gasteiger partial charge in [-0.3, -0.25) is 0 Å². The van der Waals surface area contributed by atoms with Crippen LogP contribution in [-0.2, 0) is 10.6 Å². The highest BCUT2D eigenvalue weighted by atomic mass is 15.3. The molecule has 7 aromatic rings. The molecule has 0 saturated heterocycles. The fraction of sp³-hybridized carbons (Fsp3) is 0.237. The van der Waals surface area contributed by atoms with Crippen LogP contribution >= 0.6 is 0 Å². The Bertz CT molecular complexity index is 2400. The third-order valence-corrected chi connectivity index (χ3v) is 11.3. The van der Waals surface area contributed by atoms with Gasteiger partial charge in [-0.15, -0.1) is 0 Å². The van der Waals surface area contributed by atoms with E-state index >= 15 is 0 Å². The first kappa shape index (κ1) is 26.2. The van der Waals surface area contributed by atoms with E-state index in [2.05, 4.69) is 151 Å². The molecule has 5 aromatic carbocycles. The van der Waals surface area contributed by atoms with Gasteiger partial charge in [0.25, 0.3) is 6.71 Å². The molecule has 44 heavy (non-hydrogen) atoms. The van der Waals surface area contributed by atoms with E-state index in [1.54, 1.807) is 0 Å². The van der Waals surface area contributed by atoms with Crippen LogP contribution in [0, 0.1) is 5.41 Å². The number of para-hydroxylation sites is 2. The first-order valence-electron chi connectivity index (χ1n) is 16.0. The number of rotatable bonds is 1. The van der Waals surface area contributed by atoms with Crippen molar-refractivity contribution in [1.82, 2.24) is 14.3 Å². The maximum atomic E-state index is 5.67. The van der Waals surface area contributed by atoms with Gasteiger partial charge in [0, 0.05) is 27.4 Å². The Hall–Kier alpha value is -4.18. The first-order chi connectivity index (χ1) is 20.9. The van der Waals surface area contributed by atoms with E-state index in [4.69, 9.17) is 5.10 Å². The van der Waals surface area contributed by atoms with Gasteiger partial charge in [-0.2, -0.15) is 5.10 Å². The average Bonchev–Trinajstić information content (AvgIpc) is 3.55. The summed E-state index contributed by atoms with van der Waals surface area (Å²) < 4.78 is 4.89. The summed E-state index contributed by atoms with van der Waals surface area (Å²) in [4.78, 5) is 0. The van der Waals surface area contributed by atoms with Gasteiger partial charge in [0.15, 0.2) is 0 Å². The molecule has 0 saturated carbocycles. The van der Waals surface area contributed by atoms with Crippen LogP contribution in [0.2, 0.25) is 0 Å². The molecule has 2 aliphatic heterocycles. The van der Waals surface area contributed by atoms with Gasteiger partial charge in [-0.1, -0.05) is 108 Å². The fourth-order valence-electron chi connectivity index (χ4n) is 7.93. The lowest BCUT2D eigenvalue weighted by atomic mass is 9.34. The first-order valence-corrected chi connectivity index (χ1v) is 16.0. The number of fused-ring (bicyclic) bond motifs is 9. The summed E-state index contributed by atoms with van der Waals surface area (Å²) in [5, 5.41) is 12.0. The highest BCUT2D eigenvalue weighted by Gasteiger charge is 2.45. The fourth-order valence-corrected chi connectivity index (χ4v) is 7.93. The van der Waals surface area contributed by atoms with E-state index in [0.717, 1.165) is 0 Å². The predicted octanol–water partition coefficient (Wildman–Crippen LogP) is 5.18. The van der Waals surface area contributed by atoms with Crippen LogP contribution in [0.25, 0.3) is 54.9 Å². The van der Waals surface area contributed by atoms with Crippen molar-refractivity contribution < 1.29 is 0 Å². The third kappa shape index (κ3) is 3.09. The van der Waals surface area contributed by atoms with Gasteiger partial charge in [0.1, 0.15) is 15.7 Å². The van der Waals surface area contributed by atoms with Gasteiger partial charge in [-0.25, -0.2) is 4.68 Å². The molecule has 0 spiro atoms. The molecule has 3 nitrogen and oxygen atoms in total. The van der Waals surface area contributed by atoms with Gasteiger partial charge in [0.2, 0.25) is 0 Å². The van der Waals surface area contributed by atoms with Crippen molar-refractivity contribution in [3.8, 4) is 11.4 Å². The zero-order valence-electron chi connectivity index (χ0n) is 27.0. The van der Waals surface area contributed by atoms with Crippen molar-refractivity contribution >= 4 is 82.3 Å². The van der Waals surface area contributed by atoms with E-state index in [9.17, 15) is 0 Å². The topological polar surface area (TPSA) is 22.8 Å². The lowest BCUT2D eigenvalue weighted by Crippen LogP contribution is -2.59. The standard InChI is InChI=1S/C38H36B3N3/c1-36(2,3)22-19-29-32-30(20-22)44-34-27(41(32)26-16-11-15-25-24-14-9-10-17-28(24)43(29)33(25)26)18-21-12-7-8-13-23(21)31(34)35(42-44)38(39,40)37(4,5)6/h7-20H,39-40H2,1-6H3. The molecule has 2 aromatic heterocycles. The van der Waals surface area contributed by atoms with Crippen LogP contribution in [0.5, 0.6) is 0 Å². The number of aromatic nitrogens is 3. The van der Waals surface area contributed by atoms with Crippen LogP contribution in [0.1, 0.15) is 52.8 Å². The lowest BCUT2D eigenvalue weighted by Gasteiger charge is -2.38. The number of benzene rings is 5. The molecule has 0 radical (unpaired) electrons. The maximum Gasteiger partial charge on any atom is 0.252 e. The minimum Gasteiger partial charge on any atom is -0.310 e. The summed E-state index contributed by atoms with van der Waals surface area (Å²) in [6, 6.07) is 32.2. The molecule has 2 aliphatic rings. The Morgan fingerprint density at radius 3 is 2.11 bits per heavy atom. The minimum absolute atomic E-state index is 0.0156. The SMILES string of the molecule is BC(B)(c1nn2c3c(cc4ccccc4c13)B1c3c-2cc(C(C)(C)C)cc3-n2c3ccccc3c3cccc1c32)C(C)(C)C.